The molecule has 2 unspecified atom stereocenters. The largest absolute Gasteiger partial charge is 0.391 e. The second-order valence-electron chi connectivity index (χ2n) is 19.8. The van der Waals surface area contributed by atoms with Gasteiger partial charge in [-0.25, -0.2) is 0 Å². The van der Waals surface area contributed by atoms with Gasteiger partial charge in [0, 0.05) is 35.3 Å². The first-order chi connectivity index (χ1) is 37.6. The molecule has 2 atom stereocenters. The van der Waals surface area contributed by atoms with E-state index in [4.69, 9.17) is 0 Å². The summed E-state index contributed by atoms with van der Waals surface area (Å²) in [6, 6.07) is 88.1. The number of nitrogens with one attached hydrogen (secondary N) is 1. The van der Waals surface area contributed by atoms with E-state index in [0.29, 0.717) is 5.92 Å². The van der Waals surface area contributed by atoms with Crippen molar-refractivity contribution < 1.29 is 0 Å². The SMILES string of the molecule is C=Cc1cccc2c1C(C1=CC=CCC1)(c1ccccc1)c1ccccc1-2.CNC1=CC=CCC1c1ccc(-c2ccccc2-c2ccccc2N(c2ccc(-c3ccccc3)cc2)c2cccc3ccccc23)cc1. The second-order valence-corrected chi connectivity index (χ2v) is 19.8. The van der Waals surface area contributed by atoms with Crippen molar-refractivity contribution >= 4 is 33.9 Å². The van der Waals surface area contributed by atoms with Gasteiger partial charge in [0.05, 0.1) is 16.8 Å². The molecule has 10 aromatic rings. The third-order valence-electron chi connectivity index (χ3n) is 15.7. The van der Waals surface area contributed by atoms with Crippen LogP contribution < -0.4 is 10.2 Å². The topological polar surface area (TPSA) is 15.3 Å². The summed E-state index contributed by atoms with van der Waals surface area (Å²) in [5, 5.41) is 5.83. The van der Waals surface area contributed by atoms with E-state index in [0.717, 1.165) is 36.3 Å². The summed E-state index contributed by atoms with van der Waals surface area (Å²) in [7, 11) is 2.01. The van der Waals surface area contributed by atoms with Crippen LogP contribution in [0.3, 0.4) is 0 Å². The number of hydrogen-bond acceptors (Lipinski definition) is 2. The van der Waals surface area contributed by atoms with Crippen molar-refractivity contribution in [1.29, 1.82) is 0 Å². The molecule has 0 aromatic heterocycles. The Kier molecular flexibility index (Phi) is 13.4. The molecule has 13 rings (SSSR count). The standard InChI is InChI=1S/C47H38N2.C27H22/c1-48-45-23-11-9-19-41(45)38-28-26-37(27-29-38)40-18-7-8-21-43(40)44-22-10-12-24-47(44)49(46-25-13-17-36-16-5-6-20-42(36)46)39-32-30-35(31-33-39)34-14-3-2-4-15-34;1-2-20-12-11-18-24-23-17-9-10-19-25(23)27(26(20)24,21-13-5-3-6-14-21)22-15-7-4-8-16-22/h2-18,20-33,41,48H,19H2,1H3;2-7,9-15,17-19H,1,8,16H2. The van der Waals surface area contributed by atoms with Crippen LogP contribution in [-0.2, 0) is 5.41 Å². The number of likely N-dealkylation sites (N-methyl/N-ethyl adjacent to an activating group) is 1. The summed E-state index contributed by atoms with van der Waals surface area (Å²) in [4.78, 5) is 2.43. The van der Waals surface area contributed by atoms with Crippen molar-refractivity contribution in [2.45, 2.75) is 30.6 Å². The molecular weight excluding hydrogens is 917 g/mol. The molecule has 3 aliphatic carbocycles. The van der Waals surface area contributed by atoms with E-state index in [1.165, 1.54) is 94.4 Å². The minimum Gasteiger partial charge on any atom is -0.391 e. The Morgan fingerprint density at radius 2 is 1.11 bits per heavy atom. The number of para-hydroxylation sites is 1. The lowest BCUT2D eigenvalue weighted by Crippen LogP contribution is -2.31. The minimum absolute atomic E-state index is 0.247. The van der Waals surface area contributed by atoms with Crippen LogP contribution in [0.1, 0.15) is 53.0 Å². The predicted octanol–water partition coefficient (Wildman–Crippen LogP) is 19.4. The molecule has 0 amide bonds. The van der Waals surface area contributed by atoms with E-state index in [2.05, 4.69) is 296 Å². The van der Waals surface area contributed by atoms with Crippen molar-refractivity contribution in [1.82, 2.24) is 5.32 Å². The fourth-order valence-electron chi connectivity index (χ4n) is 12.2. The molecule has 10 aromatic carbocycles. The maximum atomic E-state index is 4.14. The Labute approximate surface area is 448 Å². The summed E-state index contributed by atoms with van der Waals surface area (Å²) in [6.07, 6.45) is 18.6. The molecule has 0 heterocycles. The molecule has 0 bridgehead atoms. The number of allylic oxidation sites excluding steroid dienone is 8. The van der Waals surface area contributed by atoms with E-state index in [-0.39, 0.29) is 5.41 Å². The van der Waals surface area contributed by atoms with Crippen LogP contribution in [0.25, 0.3) is 61.4 Å². The van der Waals surface area contributed by atoms with Gasteiger partial charge in [0.2, 0.25) is 0 Å². The zero-order chi connectivity index (χ0) is 51.3. The molecular formula is C74H60N2. The molecule has 3 aliphatic rings. The van der Waals surface area contributed by atoms with Gasteiger partial charge in [0.25, 0.3) is 0 Å². The number of rotatable bonds is 11. The lowest BCUT2D eigenvalue weighted by Gasteiger charge is -2.37. The highest BCUT2D eigenvalue weighted by atomic mass is 15.1. The first-order valence-electron chi connectivity index (χ1n) is 26.7. The van der Waals surface area contributed by atoms with E-state index >= 15 is 0 Å². The van der Waals surface area contributed by atoms with E-state index in [1.807, 2.05) is 13.1 Å². The average Bonchev–Trinajstić information content (AvgIpc) is 3.87. The van der Waals surface area contributed by atoms with Crippen molar-refractivity contribution in [2.24, 2.45) is 0 Å². The molecule has 0 aliphatic heterocycles. The normalized spacial score (nSPS) is 16.1. The third-order valence-corrected chi connectivity index (χ3v) is 15.7. The van der Waals surface area contributed by atoms with Gasteiger partial charge in [0.1, 0.15) is 0 Å². The van der Waals surface area contributed by atoms with Gasteiger partial charge in [-0.15, -0.1) is 0 Å². The van der Waals surface area contributed by atoms with Crippen LogP contribution in [0, 0.1) is 0 Å². The Morgan fingerprint density at radius 1 is 0.500 bits per heavy atom. The van der Waals surface area contributed by atoms with Crippen molar-refractivity contribution in [3.8, 4) is 44.5 Å². The quantitative estimate of drug-likeness (QED) is 0.139. The van der Waals surface area contributed by atoms with Gasteiger partial charge < -0.3 is 10.2 Å². The monoisotopic (exact) mass is 976 g/mol. The van der Waals surface area contributed by atoms with Gasteiger partial charge in [-0.3, -0.25) is 0 Å². The van der Waals surface area contributed by atoms with Gasteiger partial charge in [-0.05, 0) is 122 Å². The third kappa shape index (κ3) is 8.72. The highest BCUT2D eigenvalue weighted by Gasteiger charge is 2.48. The highest BCUT2D eigenvalue weighted by Crippen LogP contribution is 2.58. The zero-order valence-electron chi connectivity index (χ0n) is 43.0. The van der Waals surface area contributed by atoms with E-state index < -0.39 is 0 Å². The second kappa shape index (κ2) is 21.3. The first-order valence-corrected chi connectivity index (χ1v) is 26.7. The Balaban J connectivity index is 0.000000181. The van der Waals surface area contributed by atoms with Crippen LogP contribution in [0.5, 0.6) is 0 Å². The maximum Gasteiger partial charge on any atom is 0.0682 e. The average molecular weight is 977 g/mol. The highest BCUT2D eigenvalue weighted by molar-refractivity contribution is 6.02. The Hall–Kier alpha value is -9.24. The number of benzene rings is 10. The number of hydrogen-bond donors (Lipinski definition) is 1. The van der Waals surface area contributed by atoms with Gasteiger partial charge in [-0.2, -0.15) is 0 Å². The summed E-state index contributed by atoms with van der Waals surface area (Å²) < 4.78 is 0. The smallest absolute Gasteiger partial charge is 0.0682 e. The van der Waals surface area contributed by atoms with Crippen LogP contribution in [0.4, 0.5) is 17.1 Å². The molecule has 0 fully saturated rings. The van der Waals surface area contributed by atoms with Crippen molar-refractivity contribution in [3.63, 3.8) is 0 Å². The van der Waals surface area contributed by atoms with Gasteiger partial charge in [-0.1, -0.05) is 267 Å². The summed E-state index contributed by atoms with van der Waals surface area (Å²) >= 11 is 0. The molecule has 2 heteroatoms. The molecule has 0 radical (unpaired) electrons. The number of fused-ring (bicyclic) bond motifs is 4. The Bertz CT molecular complexity index is 3830. The zero-order valence-corrected chi connectivity index (χ0v) is 43.0. The maximum absolute atomic E-state index is 4.14. The minimum atomic E-state index is -0.247. The van der Waals surface area contributed by atoms with Gasteiger partial charge in [0.15, 0.2) is 0 Å². The fourth-order valence-corrected chi connectivity index (χ4v) is 12.2. The van der Waals surface area contributed by atoms with Crippen LogP contribution >= 0.6 is 0 Å². The van der Waals surface area contributed by atoms with E-state index in [9.17, 15) is 0 Å². The summed E-state index contributed by atoms with van der Waals surface area (Å²) in [5.41, 5.74) is 22.4. The molecule has 1 N–H and O–H groups in total. The van der Waals surface area contributed by atoms with Crippen LogP contribution in [0.15, 0.2) is 297 Å². The van der Waals surface area contributed by atoms with Crippen LogP contribution in [-0.4, -0.2) is 7.05 Å². The fraction of sp³-hybridized carbons (Fsp3) is 0.0811. The van der Waals surface area contributed by atoms with Gasteiger partial charge >= 0.3 is 0 Å². The lowest BCUT2D eigenvalue weighted by molar-refractivity contribution is 0.691. The van der Waals surface area contributed by atoms with Crippen molar-refractivity contribution in [2.75, 3.05) is 11.9 Å². The molecule has 0 spiro atoms. The van der Waals surface area contributed by atoms with E-state index in [1.54, 1.807) is 0 Å². The van der Waals surface area contributed by atoms with Crippen molar-refractivity contribution in [3.05, 3.63) is 325 Å². The summed E-state index contributed by atoms with van der Waals surface area (Å²) in [5.74, 6) is 0.350. The Morgan fingerprint density at radius 3 is 1.87 bits per heavy atom. The lowest BCUT2D eigenvalue weighted by atomic mass is 9.64. The number of nitrogens with zero attached hydrogens (tertiary/aromatic N) is 1. The first kappa shape index (κ1) is 47.7. The molecule has 0 saturated heterocycles. The predicted molar refractivity (Wildman–Crippen MR) is 323 cm³/mol. The molecule has 76 heavy (non-hydrogen) atoms. The molecule has 2 nitrogen and oxygen atoms in total. The number of anilines is 3. The molecule has 0 saturated carbocycles. The van der Waals surface area contributed by atoms with Crippen LogP contribution in [0.2, 0.25) is 0 Å². The summed E-state index contributed by atoms with van der Waals surface area (Å²) in [6.45, 7) is 4.14. The molecule has 366 valence electrons.